The summed E-state index contributed by atoms with van der Waals surface area (Å²) in [5, 5.41) is 11.9. The minimum Gasteiger partial charge on any atom is -0.497 e. The van der Waals surface area contributed by atoms with Crippen molar-refractivity contribution in [1.82, 2.24) is 4.90 Å². The molecule has 5 nitrogen and oxygen atoms in total. The van der Waals surface area contributed by atoms with Crippen molar-refractivity contribution in [3.8, 4) is 5.75 Å². The monoisotopic (exact) mass is 369 g/mol. The Morgan fingerprint density at radius 3 is 2.22 bits per heavy atom. The average Bonchev–Trinajstić information content (AvgIpc) is 2.74. The molecule has 1 N–H and O–H groups in total. The third-order valence-electron chi connectivity index (χ3n) is 5.36. The molecule has 1 fully saturated rings. The zero-order valence-corrected chi connectivity index (χ0v) is 15.9. The maximum Gasteiger partial charge on any atom is 0.409 e. The zero-order valence-electron chi connectivity index (χ0n) is 15.9. The van der Waals surface area contributed by atoms with Gasteiger partial charge in [0.05, 0.1) is 13.7 Å². The molecule has 0 saturated carbocycles. The summed E-state index contributed by atoms with van der Waals surface area (Å²) in [4.78, 5) is 13.7. The molecule has 0 bridgehead atoms. The number of aliphatic hydroxyl groups is 1. The van der Waals surface area contributed by atoms with E-state index in [0.29, 0.717) is 32.5 Å². The van der Waals surface area contributed by atoms with Crippen LogP contribution in [0.1, 0.15) is 30.9 Å². The third kappa shape index (κ3) is 3.93. The predicted octanol–water partition coefficient (Wildman–Crippen LogP) is 3.80. The molecule has 1 saturated heterocycles. The van der Waals surface area contributed by atoms with Gasteiger partial charge in [0.25, 0.3) is 0 Å². The number of ether oxygens (including phenoxy) is 2. The average molecular weight is 369 g/mol. The minimum absolute atomic E-state index is 0.000952. The van der Waals surface area contributed by atoms with Gasteiger partial charge in [-0.05, 0) is 48.9 Å². The lowest BCUT2D eigenvalue weighted by molar-refractivity contribution is -0.0141. The van der Waals surface area contributed by atoms with Crippen LogP contribution in [-0.4, -0.2) is 42.9 Å². The van der Waals surface area contributed by atoms with E-state index in [1.807, 2.05) is 61.5 Å². The van der Waals surface area contributed by atoms with Gasteiger partial charge in [-0.15, -0.1) is 0 Å². The summed E-state index contributed by atoms with van der Waals surface area (Å²) in [6, 6.07) is 17.3. The highest BCUT2D eigenvalue weighted by Gasteiger charge is 2.42. The van der Waals surface area contributed by atoms with Gasteiger partial charge in [-0.25, -0.2) is 4.79 Å². The number of hydrogen-bond donors (Lipinski definition) is 1. The van der Waals surface area contributed by atoms with Gasteiger partial charge >= 0.3 is 6.09 Å². The standard InChI is InChI=1S/C22H27NO4/c1-3-27-21(24)23-15-13-19(14-16-23)22(25,17-7-5-4-6-8-17)18-9-11-20(26-2)12-10-18/h4-12,19,25H,3,13-16H2,1-2H3. The Morgan fingerprint density at radius 2 is 1.67 bits per heavy atom. The Morgan fingerprint density at radius 1 is 1.07 bits per heavy atom. The van der Waals surface area contributed by atoms with E-state index in [9.17, 15) is 9.90 Å². The van der Waals surface area contributed by atoms with Gasteiger partial charge in [0, 0.05) is 13.1 Å². The maximum atomic E-state index is 12.0. The highest BCUT2D eigenvalue weighted by molar-refractivity contribution is 5.67. The second kappa shape index (κ2) is 8.44. The molecule has 1 unspecified atom stereocenters. The summed E-state index contributed by atoms with van der Waals surface area (Å²) < 4.78 is 10.4. The SMILES string of the molecule is CCOC(=O)N1CCC(C(O)(c2ccccc2)c2ccc(OC)cc2)CC1. The molecule has 0 aromatic heterocycles. The fourth-order valence-corrected chi connectivity index (χ4v) is 3.87. The third-order valence-corrected chi connectivity index (χ3v) is 5.36. The lowest BCUT2D eigenvalue weighted by Crippen LogP contribution is -2.46. The zero-order chi connectivity index (χ0) is 19.3. The Labute approximate surface area is 160 Å². The molecule has 0 radical (unpaired) electrons. The fraction of sp³-hybridized carbons (Fsp3) is 0.409. The van der Waals surface area contributed by atoms with E-state index in [2.05, 4.69) is 0 Å². The molecule has 5 heteroatoms. The van der Waals surface area contributed by atoms with Crippen molar-refractivity contribution in [3.63, 3.8) is 0 Å². The lowest BCUT2D eigenvalue weighted by Gasteiger charge is -2.42. The van der Waals surface area contributed by atoms with E-state index in [1.54, 1.807) is 12.0 Å². The number of rotatable bonds is 5. The van der Waals surface area contributed by atoms with Crippen LogP contribution in [0.25, 0.3) is 0 Å². The van der Waals surface area contributed by atoms with Gasteiger partial charge in [0.1, 0.15) is 11.4 Å². The molecule has 1 heterocycles. The normalized spacial score (nSPS) is 17.2. The molecule has 3 rings (SSSR count). The molecular weight excluding hydrogens is 342 g/mol. The minimum atomic E-state index is -1.12. The second-order valence-corrected chi connectivity index (χ2v) is 6.82. The first-order chi connectivity index (χ1) is 13.1. The van der Waals surface area contributed by atoms with Crippen molar-refractivity contribution >= 4 is 6.09 Å². The number of likely N-dealkylation sites (tertiary alicyclic amines) is 1. The quantitative estimate of drug-likeness (QED) is 0.871. The number of nitrogens with zero attached hydrogens (tertiary/aromatic N) is 1. The van der Waals surface area contributed by atoms with Crippen molar-refractivity contribution in [1.29, 1.82) is 0 Å². The summed E-state index contributed by atoms with van der Waals surface area (Å²) in [7, 11) is 1.63. The van der Waals surface area contributed by atoms with E-state index in [-0.39, 0.29) is 12.0 Å². The summed E-state index contributed by atoms with van der Waals surface area (Å²) in [6.07, 6.45) is 1.13. The Bertz CT molecular complexity index is 739. The smallest absolute Gasteiger partial charge is 0.409 e. The fourth-order valence-electron chi connectivity index (χ4n) is 3.87. The van der Waals surface area contributed by atoms with Gasteiger partial charge in [0.2, 0.25) is 0 Å². The van der Waals surface area contributed by atoms with Gasteiger partial charge in [-0.3, -0.25) is 0 Å². The lowest BCUT2D eigenvalue weighted by atomic mass is 9.72. The van der Waals surface area contributed by atoms with Crippen LogP contribution in [0.3, 0.4) is 0 Å². The number of carbonyl (C=O) groups is 1. The summed E-state index contributed by atoms with van der Waals surface area (Å²) >= 11 is 0. The molecule has 2 aromatic rings. The summed E-state index contributed by atoms with van der Waals surface area (Å²) in [5.41, 5.74) is 0.586. The number of methoxy groups -OCH3 is 1. The number of hydrogen-bond acceptors (Lipinski definition) is 4. The van der Waals surface area contributed by atoms with Crippen LogP contribution in [0, 0.1) is 5.92 Å². The van der Waals surface area contributed by atoms with Crippen molar-refractivity contribution in [2.45, 2.75) is 25.4 Å². The molecule has 1 aliphatic heterocycles. The highest BCUT2D eigenvalue weighted by atomic mass is 16.6. The van der Waals surface area contributed by atoms with E-state index < -0.39 is 5.60 Å². The van der Waals surface area contributed by atoms with Crippen LogP contribution < -0.4 is 4.74 Å². The Kier molecular flexibility index (Phi) is 6.01. The molecular formula is C22H27NO4. The van der Waals surface area contributed by atoms with Crippen LogP contribution in [0.4, 0.5) is 4.79 Å². The van der Waals surface area contributed by atoms with Crippen LogP contribution in [0.15, 0.2) is 54.6 Å². The summed E-state index contributed by atoms with van der Waals surface area (Å²) in [6.45, 7) is 3.34. The first-order valence-electron chi connectivity index (χ1n) is 9.43. The Balaban J connectivity index is 1.88. The predicted molar refractivity (Wildman–Crippen MR) is 104 cm³/mol. The van der Waals surface area contributed by atoms with Crippen LogP contribution in [0.2, 0.25) is 0 Å². The molecule has 27 heavy (non-hydrogen) atoms. The number of amides is 1. The van der Waals surface area contributed by atoms with Crippen molar-refractivity contribution in [2.75, 3.05) is 26.8 Å². The van der Waals surface area contributed by atoms with E-state index in [4.69, 9.17) is 9.47 Å². The van der Waals surface area contributed by atoms with E-state index in [1.165, 1.54) is 0 Å². The van der Waals surface area contributed by atoms with E-state index >= 15 is 0 Å². The summed E-state index contributed by atoms with van der Waals surface area (Å²) in [5.74, 6) is 0.755. The Hall–Kier alpha value is -2.53. The molecule has 0 spiro atoms. The van der Waals surface area contributed by atoms with Crippen molar-refractivity contribution in [2.24, 2.45) is 5.92 Å². The number of piperidine rings is 1. The largest absolute Gasteiger partial charge is 0.497 e. The molecule has 144 valence electrons. The molecule has 2 aromatic carbocycles. The van der Waals surface area contributed by atoms with Crippen LogP contribution >= 0.6 is 0 Å². The first kappa shape index (κ1) is 19.2. The number of carbonyl (C=O) groups excluding carboxylic acids is 1. The van der Waals surface area contributed by atoms with Gasteiger partial charge in [-0.2, -0.15) is 0 Å². The molecule has 1 amide bonds. The van der Waals surface area contributed by atoms with Gasteiger partial charge < -0.3 is 19.5 Å². The highest BCUT2D eigenvalue weighted by Crippen LogP contribution is 2.42. The van der Waals surface area contributed by atoms with Crippen molar-refractivity contribution < 1.29 is 19.4 Å². The molecule has 0 aliphatic carbocycles. The van der Waals surface area contributed by atoms with E-state index in [0.717, 1.165) is 16.9 Å². The van der Waals surface area contributed by atoms with Gasteiger partial charge in [0.15, 0.2) is 0 Å². The molecule has 1 aliphatic rings. The van der Waals surface area contributed by atoms with Crippen molar-refractivity contribution in [3.05, 3.63) is 65.7 Å². The van der Waals surface area contributed by atoms with Crippen LogP contribution in [-0.2, 0) is 10.3 Å². The van der Waals surface area contributed by atoms with Gasteiger partial charge in [-0.1, -0.05) is 42.5 Å². The number of benzene rings is 2. The maximum absolute atomic E-state index is 12.0. The molecule has 1 atom stereocenters. The van der Waals surface area contributed by atoms with Crippen LogP contribution in [0.5, 0.6) is 5.75 Å². The second-order valence-electron chi connectivity index (χ2n) is 6.82. The first-order valence-corrected chi connectivity index (χ1v) is 9.43. The topological polar surface area (TPSA) is 59.0 Å².